The van der Waals surface area contributed by atoms with Gasteiger partial charge in [-0.3, -0.25) is 4.79 Å². The number of aryl methyl sites for hydroxylation is 2. The largest absolute Gasteiger partial charge is 0.481 e. The first kappa shape index (κ1) is 23.9. The van der Waals surface area contributed by atoms with Gasteiger partial charge in [-0.25, -0.2) is 8.78 Å². The van der Waals surface area contributed by atoms with Crippen LogP contribution in [0.3, 0.4) is 0 Å². The molecule has 0 radical (unpaired) electrons. The molecule has 1 saturated carbocycles. The molecule has 0 atom stereocenters. The van der Waals surface area contributed by atoms with Gasteiger partial charge in [0.1, 0.15) is 0 Å². The number of carboxylic acid groups (broad SMARTS) is 1. The van der Waals surface area contributed by atoms with E-state index in [4.69, 9.17) is 4.52 Å². The van der Waals surface area contributed by atoms with Crippen LogP contribution < -0.4 is 0 Å². The Morgan fingerprint density at radius 2 is 1.53 bits per heavy atom. The third kappa shape index (κ3) is 4.81. The molecule has 0 unspecified atom stereocenters. The Balaban J connectivity index is 1.31. The minimum Gasteiger partial charge on any atom is -0.481 e. The van der Waals surface area contributed by atoms with Crippen LogP contribution in [0.15, 0.2) is 83.4 Å². The highest BCUT2D eigenvalue weighted by atomic mass is 19.3. The molecule has 0 spiro atoms. The van der Waals surface area contributed by atoms with Crippen molar-refractivity contribution >= 4 is 5.97 Å². The lowest BCUT2D eigenvalue weighted by Gasteiger charge is -2.16. The maximum absolute atomic E-state index is 14.9. The fourth-order valence-corrected chi connectivity index (χ4v) is 4.69. The fourth-order valence-electron chi connectivity index (χ4n) is 4.69. The average molecular weight is 488 g/mol. The van der Waals surface area contributed by atoms with Gasteiger partial charge in [-0.05, 0) is 48.4 Å². The van der Waals surface area contributed by atoms with Crippen molar-refractivity contribution in [2.75, 3.05) is 0 Å². The van der Waals surface area contributed by atoms with Crippen LogP contribution in [0.5, 0.6) is 0 Å². The van der Waals surface area contributed by atoms with Gasteiger partial charge in [-0.15, -0.1) is 0 Å². The first-order valence-electron chi connectivity index (χ1n) is 12.1. The second kappa shape index (κ2) is 9.34. The molecule has 0 aliphatic heterocycles. The van der Waals surface area contributed by atoms with Crippen molar-refractivity contribution < 1.29 is 23.2 Å². The summed E-state index contributed by atoms with van der Waals surface area (Å²) in [6.07, 6.45) is 0.952. The fraction of sp³-hybridized carbons (Fsp3) is 0.267. The molecule has 0 bridgehead atoms. The van der Waals surface area contributed by atoms with E-state index in [-0.39, 0.29) is 6.42 Å². The van der Waals surface area contributed by atoms with E-state index in [9.17, 15) is 18.7 Å². The number of benzene rings is 3. The van der Waals surface area contributed by atoms with Crippen LogP contribution in [-0.4, -0.2) is 22.2 Å². The molecule has 1 aliphatic carbocycles. The number of carbonyl (C=O) groups is 1. The number of nitrogens with zero attached hydrogens (tertiary/aromatic N) is 1. The topological polar surface area (TPSA) is 63.3 Å². The zero-order valence-corrected chi connectivity index (χ0v) is 20.0. The molecule has 5 rings (SSSR count). The van der Waals surface area contributed by atoms with E-state index in [0.717, 1.165) is 22.3 Å². The summed E-state index contributed by atoms with van der Waals surface area (Å²) in [4.78, 5) is 11.6. The molecule has 1 N–H and O–H groups in total. The number of halogens is 2. The Labute approximate surface area is 208 Å². The lowest BCUT2D eigenvalue weighted by atomic mass is 9.93. The minimum absolute atomic E-state index is 0.251. The highest BCUT2D eigenvalue weighted by Crippen LogP contribution is 2.48. The van der Waals surface area contributed by atoms with Gasteiger partial charge in [0.25, 0.3) is 5.92 Å². The van der Waals surface area contributed by atoms with E-state index >= 15 is 0 Å². The monoisotopic (exact) mass is 487 g/mol. The summed E-state index contributed by atoms with van der Waals surface area (Å²) in [5.74, 6) is -3.30. The summed E-state index contributed by atoms with van der Waals surface area (Å²) in [5, 5.41) is 13.5. The Bertz CT molecular complexity index is 1360. The standard InChI is InChI=1S/C30H27F2NO3/c1-20-26(19-30(31,32)16-15-21-5-3-2-4-6-21)27(36-33-20)24-9-7-22(8-10-24)23-11-13-25(14-12-23)29(17-18-29)28(34)35/h2-14H,15-19H2,1H3,(H,34,35). The Morgan fingerprint density at radius 3 is 2.11 bits per heavy atom. The summed E-state index contributed by atoms with van der Waals surface area (Å²) in [6, 6.07) is 24.4. The Morgan fingerprint density at radius 1 is 0.944 bits per heavy atom. The molecule has 3 aromatic carbocycles. The van der Waals surface area contributed by atoms with Crippen molar-refractivity contribution in [1.82, 2.24) is 5.16 Å². The average Bonchev–Trinajstić information content (AvgIpc) is 3.63. The van der Waals surface area contributed by atoms with Gasteiger partial charge in [-0.1, -0.05) is 84.0 Å². The summed E-state index contributed by atoms with van der Waals surface area (Å²) in [7, 11) is 0. The lowest BCUT2D eigenvalue weighted by molar-refractivity contribution is -0.140. The second-order valence-corrected chi connectivity index (χ2v) is 9.64. The molecule has 6 heteroatoms. The molecule has 1 fully saturated rings. The maximum atomic E-state index is 14.9. The zero-order valence-electron chi connectivity index (χ0n) is 20.0. The van der Waals surface area contributed by atoms with Crippen LogP contribution in [0.4, 0.5) is 8.78 Å². The second-order valence-electron chi connectivity index (χ2n) is 9.64. The summed E-state index contributed by atoms with van der Waals surface area (Å²) >= 11 is 0. The van der Waals surface area contributed by atoms with Crippen LogP contribution in [0.1, 0.15) is 41.6 Å². The van der Waals surface area contributed by atoms with E-state index in [2.05, 4.69) is 5.16 Å². The van der Waals surface area contributed by atoms with Gasteiger partial charge < -0.3 is 9.63 Å². The summed E-state index contributed by atoms with van der Waals surface area (Å²) in [5.41, 5.74) is 4.46. The predicted molar refractivity (Wildman–Crippen MR) is 134 cm³/mol. The third-order valence-electron chi connectivity index (χ3n) is 7.12. The summed E-state index contributed by atoms with van der Waals surface area (Å²) < 4.78 is 35.3. The molecule has 1 aliphatic rings. The van der Waals surface area contributed by atoms with Crippen LogP contribution >= 0.6 is 0 Å². The number of rotatable bonds is 9. The van der Waals surface area contributed by atoms with Gasteiger partial charge in [0.15, 0.2) is 5.76 Å². The Hall–Kier alpha value is -3.80. The van der Waals surface area contributed by atoms with E-state index in [1.54, 1.807) is 6.92 Å². The number of hydrogen-bond acceptors (Lipinski definition) is 3. The molecule has 4 aromatic rings. The number of hydrogen-bond donors (Lipinski definition) is 1. The zero-order chi connectivity index (χ0) is 25.3. The van der Waals surface area contributed by atoms with Crippen molar-refractivity contribution in [2.24, 2.45) is 0 Å². The molecule has 1 heterocycles. The first-order valence-corrected chi connectivity index (χ1v) is 12.1. The maximum Gasteiger partial charge on any atom is 0.314 e. The number of aliphatic carboxylic acids is 1. The predicted octanol–water partition coefficient (Wildman–Crippen LogP) is 7.24. The van der Waals surface area contributed by atoms with Crippen molar-refractivity contribution in [3.8, 4) is 22.5 Å². The highest BCUT2D eigenvalue weighted by molar-refractivity contribution is 5.85. The number of carboxylic acids is 1. The van der Waals surface area contributed by atoms with Crippen LogP contribution in [-0.2, 0) is 23.1 Å². The van der Waals surface area contributed by atoms with Gasteiger partial charge in [0.05, 0.1) is 11.1 Å². The molecular weight excluding hydrogens is 460 g/mol. The van der Waals surface area contributed by atoms with Crippen LogP contribution in [0, 0.1) is 6.92 Å². The van der Waals surface area contributed by atoms with Gasteiger partial charge in [-0.2, -0.15) is 0 Å². The number of aromatic nitrogens is 1. The van der Waals surface area contributed by atoms with E-state index in [1.165, 1.54) is 0 Å². The molecule has 0 amide bonds. The van der Waals surface area contributed by atoms with Gasteiger partial charge in [0.2, 0.25) is 0 Å². The molecule has 0 saturated heterocycles. The number of alkyl halides is 2. The third-order valence-corrected chi connectivity index (χ3v) is 7.12. The molecular formula is C30H27F2NO3. The molecule has 36 heavy (non-hydrogen) atoms. The normalized spacial score (nSPS) is 14.5. The van der Waals surface area contributed by atoms with Crippen LogP contribution in [0.25, 0.3) is 22.5 Å². The smallest absolute Gasteiger partial charge is 0.314 e. The summed E-state index contributed by atoms with van der Waals surface area (Å²) in [6.45, 7) is 1.69. The Kier molecular flexibility index (Phi) is 6.20. The van der Waals surface area contributed by atoms with Crippen molar-refractivity contribution in [2.45, 2.75) is 50.4 Å². The molecule has 1 aromatic heterocycles. The van der Waals surface area contributed by atoms with Crippen LogP contribution in [0.2, 0.25) is 0 Å². The van der Waals surface area contributed by atoms with Crippen molar-refractivity contribution in [3.63, 3.8) is 0 Å². The first-order chi connectivity index (χ1) is 17.3. The van der Waals surface area contributed by atoms with E-state index < -0.39 is 23.7 Å². The van der Waals surface area contributed by atoms with E-state index in [0.29, 0.717) is 41.8 Å². The lowest BCUT2D eigenvalue weighted by Crippen LogP contribution is -2.21. The van der Waals surface area contributed by atoms with Crippen molar-refractivity contribution in [1.29, 1.82) is 0 Å². The molecule has 4 nitrogen and oxygen atoms in total. The minimum atomic E-state index is -2.89. The van der Waals surface area contributed by atoms with Gasteiger partial charge >= 0.3 is 5.97 Å². The van der Waals surface area contributed by atoms with Crippen molar-refractivity contribution in [3.05, 3.63) is 101 Å². The molecule has 184 valence electrons. The van der Waals surface area contributed by atoms with Gasteiger partial charge in [0, 0.05) is 24.0 Å². The quantitative estimate of drug-likeness (QED) is 0.270. The highest BCUT2D eigenvalue weighted by Gasteiger charge is 2.51. The SMILES string of the molecule is Cc1noc(-c2ccc(-c3ccc(C4(C(=O)O)CC4)cc3)cc2)c1CC(F)(F)CCc1ccccc1. The van der Waals surface area contributed by atoms with E-state index in [1.807, 2.05) is 78.9 Å².